The molecule has 0 bridgehead atoms. The zero-order valence-electron chi connectivity index (χ0n) is 13.3. The van der Waals surface area contributed by atoms with E-state index in [0.717, 1.165) is 5.56 Å². The van der Waals surface area contributed by atoms with Gasteiger partial charge in [0.25, 0.3) is 0 Å². The van der Waals surface area contributed by atoms with Gasteiger partial charge in [0, 0.05) is 5.69 Å². The third-order valence-corrected chi connectivity index (χ3v) is 2.64. The first kappa shape index (κ1) is 17.5. The largest absolute Gasteiger partial charge is 0.444 e. The van der Waals surface area contributed by atoms with Crippen molar-refractivity contribution in [2.45, 2.75) is 45.8 Å². The van der Waals surface area contributed by atoms with Gasteiger partial charge in [0.05, 0.1) is 12.1 Å². The summed E-state index contributed by atoms with van der Waals surface area (Å²) >= 11 is 0. The third-order valence-electron chi connectivity index (χ3n) is 2.64. The van der Waals surface area contributed by atoms with Crippen LogP contribution in [0.4, 0.5) is 10.5 Å². The van der Waals surface area contributed by atoms with Gasteiger partial charge in [-0.15, -0.1) is 0 Å². The molecule has 0 aliphatic rings. The predicted molar refractivity (Wildman–Crippen MR) is 83.1 cm³/mol. The lowest BCUT2D eigenvalue weighted by Gasteiger charge is -2.22. The van der Waals surface area contributed by atoms with Crippen LogP contribution in [0.2, 0.25) is 0 Å². The number of ether oxygens (including phenoxy) is 1. The molecule has 1 rings (SSSR count). The van der Waals surface area contributed by atoms with Crippen LogP contribution in [0.3, 0.4) is 0 Å². The molecule has 118 valence electrons. The molecule has 0 heterocycles. The van der Waals surface area contributed by atoms with E-state index < -0.39 is 11.7 Å². The molecule has 0 aliphatic heterocycles. The summed E-state index contributed by atoms with van der Waals surface area (Å²) in [6.07, 6.45) is -0.699. The van der Waals surface area contributed by atoms with Crippen LogP contribution >= 0.6 is 0 Å². The molecule has 1 aromatic rings. The van der Waals surface area contributed by atoms with Gasteiger partial charge in [-0.05, 0) is 45.4 Å². The standard InChI is InChI=1S/C16H21N3O3/c1-11(18-15(21)22-16(2,3)4)12-6-5-7-13(10-12)19-14(20)8-9-17/h5-7,10-11H,8H2,1-4H3,(H,18,21)(H,19,20). The molecule has 0 aromatic heterocycles. The fourth-order valence-electron chi connectivity index (χ4n) is 1.73. The minimum Gasteiger partial charge on any atom is -0.444 e. The van der Waals surface area contributed by atoms with Gasteiger partial charge in [-0.3, -0.25) is 4.79 Å². The molecule has 0 spiro atoms. The van der Waals surface area contributed by atoms with E-state index >= 15 is 0 Å². The Morgan fingerprint density at radius 3 is 2.64 bits per heavy atom. The second-order valence-corrected chi connectivity index (χ2v) is 5.88. The number of nitrogens with one attached hydrogen (secondary N) is 2. The first-order valence-corrected chi connectivity index (χ1v) is 6.97. The van der Waals surface area contributed by atoms with Gasteiger partial charge < -0.3 is 15.4 Å². The highest BCUT2D eigenvalue weighted by atomic mass is 16.6. The van der Waals surface area contributed by atoms with E-state index in [9.17, 15) is 9.59 Å². The van der Waals surface area contributed by atoms with Crippen molar-refractivity contribution in [1.82, 2.24) is 5.32 Å². The maximum Gasteiger partial charge on any atom is 0.408 e. The van der Waals surface area contributed by atoms with Crippen LogP contribution in [0, 0.1) is 11.3 Å². The number of hydrogen-bond acceptors (Lipinski definition) is 4. The summed E-state index contributed by atoms with van der Waals surface area (Å²) < 4.78 is 5.20. The molecule has 1 unspecified atom stereocenters. The first-order valence-electron chi connectivity index (χ1n) is 6.97. The number of nitrogens with zero attached hydrogens (tertiary/aromatic N) is 1. The summed E-state index contributed by atoms with van der Waals surface area (Å²) in [7, 11) is 0. The van der Waals surface area contributed by atoms with Crippen molar-refractivity contribution in [3.8, 4) is 6.07 Å². The van der Waals surface area contributed by atoms with Gasteiger partial charge in [0.1, 0.15) is 12.0 Å². The first-order chi connectivity index (χ1) is 10.2. The summed E-state index contributed by atoms with van der Waals surface area (Å²) in [4.78, 5) is 23.2. The summed E-state index contributed by atoms with van der Waals surface area (Å²) in [5, 5.41) is 13.8. The highest BCUT2D eigenvalue weighted by Gasteiger charge is 2.18. The molecule has 1 aromatic carbocycles. The van der Waals surface area contributed by atoms with Crippen LogP contribution in [0.1, 0.15) is 45.7 Å². The third kappa shape index (κ3) is 6.27. The van der Waals surface area contributed by atoms with Crippen molar-refractivity contribution in [2.75, 3.05) is 5.32 Å². The number of alkyl carbamates (subject to hydrolysis) is 1. The van der Waals surface area contributed by atoms with Crippen LogP contribution in [0.15, 0.2) is 24.3 Å². The van der Waals surface area contributed by atoms with Crippen molar-refractivity contribution in [1.29, 1.82) is 5.26 Å². The Morgan fingerprint density at radius 2 is 2.05 bits per heavy atom. The van der Waals surface area contributed by atoms with Gasteiger partial charge in [-0.2, -0.15) is 5.26 Å². The van der Waals surface area contributed by atoms with Crippen LogP contribution in [0.5, 0.6) is 0 Å². The summed E-state index contributed by atoms with van der Waals surface area (Å²) in [5.41, 5.74) is 0.841. The topological polar surface area (TPSA) is 91.2 Å². The molecule has 0 radical (unpaired) electrons. The molecule has 2 N–H and O–H groups in total. The van der Waals surface area contributed by atoms with Gasteiger partial charge >= 0.3 is 6.09 Å². The van der Waals surface area contributed by atoms with Crippen LogP contribution in [0.25, 0.3) is 0 Å². The predicted octanol–water partition coefficient (Wildman–Crippen LogP) is 3.12. The SMILES string of the molecule is CC(NC(=O)OC(C)(C)C)c1cccc(NC(=O)CC#N)c1. The Hall–Kier alpha value is -2.55. The fraction of sp³-hybridized carbons (Fsp3) is 0.438. The van der Waals surface area contributed by atoms with Crippen molar-refractivity contribution in [2.24, 2.45) is 0 Å². The maximum absolute atomic E-state index is 11.8. The number of rotatable bonds is 4. The Bertz CT molecular complexity index is 585. The molecule has 0 fully saturated rings. The zero-order chi connectivity index (χ0) is 16.8. The van der Waals surface area contributed by atoms with E-state index in [1.165, 1.54) is 0 Å². The monoisotopic (exact) mass is 303 g/mol. The number of carbonyl (C=O) groups is 2. The average molecular weight is 303 g/mol. The highest BCUT2D eigenvalue weighted by molar-refractivity contribution is 5.92. The van der Waals surface area contributed by atoms with E-state index in [1.54, 1.807) is 45.0 Å². The smallest absolute Gasteiger partial charge is 0.408 e. The Balaban J connectivity index is 2.70. The van der Waals surface area contributed by atoms with Gasteiger partial charge in [0.2, 0.25) is 5.91 Å². The quantitative estimate of drug-likeness (QED) is 0.894. The number of carbonyl (C=O) groups excluding carboxylic acids is 2. The molecule has 2 amide bonds. The molecule has 6 nitrogen and oxygen atoms in total. The lowest BCUT2D eigenvalue weighted by Crippen LogP contribution is -2.34. The summed E-state index contributed by atoms with van der Waals surface area (Å²) in [5.74, 6) is -0.368. The van der Waals surface area contributed by atoms with Crippen molar-refractivity contribution in [3.05, 3.63) is 29.8 Å². The van der Waals surface area contributed by atoms with Gasteiger partial charge in [0.15, 0.2) is 0 Å². The molecular weight excluding hydrogens is 282 g/mol. The molecular formula is C16H21N3O3. The van der Waals surface area contributed by atoms with E-state index in [-0.39, 0.29) is 18.4 Å². The van der Waals surface area contributed by atoms with Crippen molar-refractivity contribution < 1.29 is 14.3 Å². The van der Waals surface area contributed by atoms with Crippen LogP contribution < -0.4 is 10.6 Å². The van der Waals surface area contributed by atoms with E-state index in [1.807, 2.05) is 13.0 Å². The molecule has 6 heteroatoms. The minimum atomic E-state index is -0.559. The summed E-state index contributed by atoms with van der Waals surface area (Å²) in [6.45, 7) is 7.20. The lowest BCUT2D eigenvalue weighted by atomic mass is 10.1. The second kappa shape index (κ2) is 7.46. The minimum absolute atomic E-state index is 0.198. The second-order valence-electron chi connectivity index (χ2n) is 5.88. The lowest BCUT2D eigenvalue weighted by molar-refractivity contribution is -0.115. The highest BCUT2D eigenvalue weighted by Crippen LogP contribution is 2.18. The number of amides is 2. The van der Waals surface area contributed by atoms with E-state index in [4.69, 9.17) is 10.00 Å². The van der Waals surface area contributed by atoms with Crippen molar-refractivity contribution in [3.63, 3.8) is 0 Å². The van der Waals surface area contributed by atoms with Crippen molar-refractivity contribution >= 4 is 17.7 Å². The number of nitriles is 1. The Labute approximate surface area is 130 Å². The van der Waals surface area contributed by atoms with E-state index in [2.05, 4.69) is 10.6 Å². The van der Waals surface area contributed by atoms with E-state index in [0.29, 0.717) is 5.69 Å². The normalized spacial score (nSPS) is 12.0. The average Bonchev–Trinajstić information content (AvgIpc) is 2.36. The molecule has 0 saturated carbocycles. The number of benzene rings is 1. The van der Waals surface area contributed by atoms with Gasteiger partial charge in [-0.1, -0.05) is 12.1 Å². The molecule has 22 heavy (non-hydrogen) atoms. The Kier molecular flexibility index (Phi) is 5.93. The Morgan fingerprint density at radius 1 is 1.36 bits per heavy atom. The summed E-state index contributed by atoms with van der Waals surface area (Å²) in [6, 6.07) is 8.58. The molecule has 0 aliphatic carbocycles. The fourth-order valence-corrected chi connectivity index (χ4v) is 1.73. The van der Waals surface area contributed by atoms with Crippen LogP contribution in [-0.2, 0) is 9.53 Å². The molecule has 1 atom stereocenters. The number of anilines is 1. The van der Waals surface area contributed by atoms with Gasteiger partial charge in [-0.25, -0.2) is 4.79 Å². The maximum atomic E-state index is 11.8. The van der Waals surface area contributed by atoms with Crippen LogP contribution in [-0.4, -0.2) is 17.6 Å². The molecule has 0 saturated heterocycles. The number of hydrogen-bond donors (Lipinski definition) is 2. The zero-order valence-corrected chi connectivity index (χ0v) is 13.3.